The van der Waals surface area contributed by atoms with Crippen molar-refractivity contribution in [2.45, 2.75) is 26.7 Å². The summed E-state index contributed by atoms with van der Waals surface area (Å²) in [6, 6.07) is 9.55. The van der Waals surface area contributed by atoms with Gasteiger partial charge in [-0.3, -0.25) is 4.79 Å². The van der Waals surface area contributed by atoms with Crippen LogP contribution in [-0.4, -0.2) is 23.5 Å². The minimum atomic E-state index is -0.583. The van der Waals surface area contributed by atoms with Crippen LogP contribution in [-0.2, 0) is 4.79 Å². The smallest absolute Gasteiger partial charge is 0.227 e. The van der Waals surface area contributed by atoms with Gasteiger partial charge in [-0.2, -0.15) is 0 Å². The van der Waals surface area contributed by atoms with E-state index < -0.39 is 5.41 Å². The first-order valence-electron chi connectivity index (χ1n) is 6.19. The van der Waals surface area contributed by atoms with Crippen molar-refractivity contribution in [2.24, 2.45) is 16.3 Å². The van der Waals surface area contributed by atoms with Crippen LogP contribution in [0.15, 0.2) is 35.5 Å². The van der Waals surface area contributed by atoms with E-state index in [4.69, 9.17) is 10.9 Å². The zero-order valence-electron chi connectivity index (χ0n) is 11.6. The first kappa shape index (κ1) is 15.0. The first-order valence-corrected chi connectivity index (χ1v) is 6.19. The van der Waals surface area contributed by atoms with Crippen LogP contribution in [0.3, 0.4) is 0 Å². The average Bonchev–Trinajstić information content (AvgIpc) is 2.43. The normalized spacial score (nSPS) is 13.9. The van der Waals surface area contributed by atoms with Gasteiger partial charge in [0.25, 0.3) is 0 Å². The molecule has 0 spiro atoms. The molecule has 5 nitrogen and oxygen atoms in total. The third-order valence-electron chi connectivity index (χ3n) is 3.20. The molecule has 0 aliphatic heterocycles. The molecule has 1 unspecified atom stereocenters. The fraction of sp³-hybridized carbons (Fsp3) is 0.429. The SMILES string of the molecule is CC(C(=O)NCC(C)(C)/C(N)=N/O)c1ccccc1. The van der Waals surface area contributed by atoms with E-state index in [-0.39, 0.29) is 17.7 Å². The topological polar surface area (TPSA) is 87.7 Å². The molecular formula is C14H21N3O2. The predicted molar refractivity (Wildman–Crippen MR) is 75.1 cm³/mol. The van der Waals surface area contributed by atoms with Crippen molar-refractivity contribution < 1.29 is 10.0 Å². The number of amides is 1. The highest BCUT2D eigenvalue weighted by molar-refractivity contribution is 5.87. The Hall–Kier alpha value is -2.04. The van der Waals surface area contributed by atoms with Crippen molar-refractivity contribution in [1.82, 2.24) is 5.32 Å². The van der Waals surface area contributed by atoms with E-state index in [0.29, 0.717) is 6.54 Å². The van der Waals surface area contributed by atoms with Crippen LogP contribution in [0.1, 0.15) is 32.3 Å². The van der Waals surface area contributed by atoms with Crippen molar-refractivity contribution in [2.75, 3.05) is 6.54 Å². The molecule has 1 rings (SSSR count). The van der Waals surface area contributed by atoms with Gasteiger partial charge in [0.15, 0.2) is 0 Å². The Balaban J connectivity index is 2.62. The number of oxime groups is 1. The van der Waals surface area contributed by atoms with Crippen LogP contribution in [0.2, 0.25) is 0 Å². The molecule has 0 aliphatic carbocycles. The number of benzene rings is 1. The van der Waals surface area contributed by atoms with Gasteiger partial charge < -0.3 is 16.3 Å². The minimum absolute atomic E-state index is 0.0787. The van der Waals surface area contributed by atoms with Crippen molar-refractivity contribution >= 4 is 11.7 Å². The Kier molecular flexibility index (Phi) is 4.92. The molecule has 0 bridgehead atoms. The molecule has 4 N–H and O–H groups in total. The van der Waals surface area contributed by atoms with E-state index in [2.05, 4.69) is 10.5 Å². The minimum Gasteiger partial charge on any atom is -0.409 e. The molecule has 0 radical (unpaired) electrons. The fourth-order valence-electron chi connectivity index (χ4n) is 1.58. The van der Waals surface area contributed by atoms with Crippen LogP contribution < -0.4 is 11.1 Å². The van der Waals surface area contributed by atoms with Gasteiger partial charge in [0, 0.05) is 12.0 Å². The maximum atomic E-state index is 12.0. The third-order valence-corrected chi connectivity index (χ3v) is 3.20. The van der Waals surface area contributed by atoms with E-state index in [0.717, 1.165) is 5.56 Å². The predicted octanol–water partition coefficient (Wildman–Crippen LogP) is 1.68. The first-order chi connectivity index (χ1) is 8.88. The molecule has 104 valence electrons. The van der Waals surface area contributed by atoms with E-state index in [9.17, 15) is 4.79 Å². The lowest BCUT2D eigenvalue weighted by Gasteiger charge is -2.24. The van der Waals surface area contributed by atoms with Crippen LogP contribution in [0.25, 0.3) is 0 Å². The largest absolute Gasteiger partial charge is 0.409 e. The summed E-state index contributed by atoms with van der Waals surface area (Å²) in [5.74, 6) is -0.213. The summed E-state index contributed by atoms with van der Waals surface area (Å²) in [5.41, 5.74) is 5.95. The van der Waals surface area contributed by atoms with E-state index in [1.807, 2.05) is 37.3 Å². The lowest BCUT2D eigenvalue weighted by atomic mass is 9.91. The Morgan fingerprint density at radius 3 is 2.53 bits per heavy atom. The highest BCUT2D eigenvalue weighted by Crippen LogP contribution is 2.17. The zero-order chi connectivity index (χ0) is 14.5. The Labute approximate surface area is 113 Å². The van der Waals surface area contributed by atoms with Gasteiger partial charge in [-0.05, 0) is 12.5 Å². The summed E-state index contributed by atoms with van der Waals surface area (Å²) in [5, 5.41) is 14.5. The second-order valence-electron chi connectivity index (χ2n) is 5.22. The maximum Gasteiger partial charge on any atom is 0.227 e. The monoisotopic (exact) mass is 263 g/mol. The summed E-state index contributed by atoms with van der Waals surface area (Å²) in [7, 11) is 0. The van der Waals surface area contributed by atoms with Crippen LogP contribution in [0, 0.1) is 5.41 Å². The van der Waals surface area contributed by atoms with Gasteiger partial charge in [0.05, 0.1) is 5.92 Å². The quantitative estimate of drug-likeness (QED) is 0.327. The van der Waals surface area contributed by atoms with Crippen molar-refractivity contribution in [3.8, 4) is 0 Å². The van der Waals surface area contributed by atoms with E-state index >= 15 is 0 Å². The Morgan fingerprint density at radius 1 is 1.42 bits per heavy atom. The highest BCUT2D eigenvalue weighted by Gasteiger charge is 2.25. The number of amidine groups is 1. The Morgan fingerprint density at radius 2 is 2.00 bits per heavy atom. The molecule has 0 saturated heterocycles. The molecule has 0 aromatic heterocycles. The molecule has 0 saturated carbocycles. The number of hydrogen-bond acceptors (Lipinski definition) is 3. The number of nitrogens with zero attached hydrogens (tertiary/aromatic N) is 1. The Bertz CT molecular complexity index is 455. The fourth-order valence-corrected chi connectivity index (χ4v) is 1.58. The second-order valence-corrected chi connectivity index (χ2v) is 5.22. The molecule has 1 aromatic rings. The second kappa shape index (κ2) is 6.22. The molecule has 1 amide bonds. The number of rotatable bonds is 5. The van der Waals surface area contributed by atoms with E-state index in [1.165, 1.54) is 0 Å². The van der Waals surface area contributed by atoms with Crippen molar-refractivity contribution in [3.05, 3.63) is 35.9 Å². The summed E-state index contributed by atoms with van der Waals surface area (Å²) in [4.78, 5) is 12.0. The molecule has 1 atom stereocenters. The molecule has 1 aromatic carbocycles. The van der Waals surface area contributed by atoms with Gasteiger partial charge in [-0.25, -0.2) is 0 Å². The standard InChI is InChI=1S/C14H21N3O2/c1-10(11-7-5-4-6-8-11)12(18)16-9-14(2,3)13(15)17-19/h4-8,10,19H,9H2,1-3H3,(H2,15,17)(H,16,18). The lowest BCUT2D eigenvalue weighted by Crippen LogP contribution is -2.43. The van der Waals surface area contributed by atoms with Crippen molar-refractivity contribution in [3.63, 3.8) is 0 Å². The van der Waals surface area contributed by atoms with Crippen LogP contribution >= 0.6 is 0 Å². The molecule has 19 heavy (non-hydrogen) atoms. The van der Waals surface area contributed by atoms with Crippen LogP contribution in [0.4, 0.5) is 0 Å². The zero-order valence-corrected chi connectivity index (χ0v) is 11.6. The summed E-state index contributed by atoms with van der Waals surface area (Å²) < 4.78 is 0. The number of nitrogens with two attached hydrogens (primary N) is 1. The van der Waals surface area contributed by atoms with Gasteiger partial charge >= 0.3 is 0 Å². The lowest BCUT2D eigenvalue weighted by molar-refractivity contribution is -0.122. The van der Waals surface area contributed by atoms with E-state index in [1.54, 1.807) is 13.8 Å². The van der Waals surface area contributed by atoms with Crippen LogP contribution in [0.5, 0.6) is 0 Å². The molecule has 0 fully saturated rings. The third kappa shape index (κ3) is 3.98. The number of carbonyl (C=O) groups excluding carboxylic acids is 1. The summed E-state index contributed by atoms with van der Waals surface area (Å²) >= 11 is 0. The summed E-state index contributed by atoms with van der Waals surface area (Å²) in [6.07, 6.45) is 0. The van der Waals surface area contributed by atoms with Gasteiger partial charge in [0.2, 0.25) is 5.91 Å². The molecule has 0 heterocycles. The van der Waals surface area contributed by atoms with Crippen molar-refractivity contribution in [1.29, 1.82) is 0 Å². The molecule has 5 heteroatoms. The van der Waals surface area contributed by atoms with Gasteiger partial charge in [-0.15, -0.1) is 0 Å². The molecular weight excluding hydrogens is 242 g/mol. The van der Waals surface area contributed by atoms with Gasteiger partial charge in [0.1, 0.15) is 5.84 Å². The average molecular weight is 263 g/mol. The number of hydrogen-bond donors (Lipinski definition) is 3. The highest BCUT2D eigenvalue weighted by atomic mass is 16.4. The summed E-state index contributed by atoms with van der Waals surface area (Å²) in [6.45, 7) is 5.77. The molecule has 0 aliphatic rings. The van der Waals surface area contributed by atoms with Gasteiger partial charge in [-0.1, -0.05) is 49.3 Å². The maximum absolute atomic E-state index is 12.0. The number of carbonyl (C=O) groups is 1. The number of nitrogens with one attached hydrogen (secondary N) is 1.